The van der Waals surface area contributed by atoms with Gasteiger partial charge in [-0.2, -0.15) is 0 Å². The smallest absolute Gasteiger partial charge is 0.244 e. The highest BCUT2D eigenvalue weighted by molar-refractivity contribution is 5.33. The van der Waals surface area contributed by atoms with Gasteiger partial charge in [-0.15, -0.1) is 0 Å². The molecular weight excluding hydrogens is 274 g/mol. The van der Waals surface area contributed by atoms with Crippen LogP contribution in [0.4, 0.5) is 0 Å². The van der Waals surface area contributed by atoms with Gasteiger partial charge in [0.05, 0.1) is 19.6 Å². The molecule has 1 unspecified atom stereocenters. The van der Waals surface area contributed by atoms with Gasteiger partial charge >= 0.3 is 0 Å². The zero-order chi connectivity index (χ0) is 15.4. The Morgan fingerprint density at radius 2 is 2.05 bits per heavy atom. The molecule has 112 valence electrons. The van der Waals surface area contributed by atoms with Gasteiger partial charge in [0.1, 0.15) is 0 Å². The predicted octanol–water partition coefficient (Wildman–Crippen LogP) is 2.98. The topological polar surface area (TPSA) is 29.7 Å². The molecular formula is C18H19N3O. The van der Waals surface area contributed by atoms with Gasteiger partial charge in [-0.1, -0.05) is 36.4 Å². The highest BCUT2D eigenvalue weighted by atomic mass is 16.5. The molecule has 0 N–H and O–H groups in total. The third-order valence-electron chi connectivity index (χ3n) is 4.17. The quantitative estimate of drug-likeness (QED) is 0.812. The minimum atomic E-state index is -0.0400. The summed E-state index contributed by atoms with van der Waals surface area (Å²) in [6.07, 6.45) is 1.73. The van der Waals surface area contributed by atoms with E-state index in [-0.39, 0.29) is 12.0 Å². The number of ether oxygens (including phenoxy) is 1. The first kappa shape index (κ1) is 14.6. The Hall–Kier alpha value is -2.38. The summed E-state index contributed by atoms with van der Waals surface area (Å²) in [7, 11) is 1.63. The number of pyridine rings is 1. The molecule has 1 aliphatic heterocycles. The molecule has 1 fully saturated rings. The van der Waals surface area contributed by atoms with Crippen molar-refractivity contribution in [1.29, 1.82) is 0 Å². The summed E-state index contributed by atoms with van der Waals surface area (Å²) in [4.78, 5) is 10.5. The van der Waals surface area contributed by atoms with Gasteiger partial charge in [0.15, 0.2) is 0 Å². The molecule has 0 aliphatic carbocycles. The molecule has 1 aliphatic rings. The lowest BCUT2D eigenvalue weighted by Gasteiger charge is -2.15. The van der Waals surface area contributed by atoms with Crippen LogP contribution in [0.3, 0.4) is 0 Å². The Morgan fingerprint density at radius 3 is 2.77 bits per heavy atom. The number of methoxy groups -OCH3 is 1. The molecule has 1 aromatic carbocycles. The Labute approximate surface area is 131 Å². The highest BCUT2D eigenvalue weighted by Gasteiger charge is 2.40. The van der Waals surface area contributed by atoms with E-state index in [0.29, 0.717) is 5.88 Å². The van der Waals surface area contributed by atoms with Crippen molar-refractivity contribution in [3.63, 3.8) is 0 Å². The Balaban J connectivity index is 1.79. The fraction of sp³-hybridized carbons (Fsp3) is 0.333. The van der Waals surface area contributed by atoms with Crippen LogP contribution in [0.2, 0.25) is 0 Å². The van der Waals surface area contributed by atoms with Crippen molar-refractivity contribution in [2.75, 3.05) is 20.2 Å². The molecule has 0 amide bonds. The minimum Gasteiger partial charge on any atom is -0.481 e. The van der Waals surface area contributed by atoms with Gasteiger partial charge in [0.2, 0.25) is 11.9 Å². The van der Waals surface area contributed by atoms with E-state index >= 15 is 0 Å². The van der Waals surface area contributed by atoms with E-state index < -0.39 is 0 Å². The molecule has 2 aromatic rings. The first-order valence-corrected chi connectivity index (χ1v) is 7.43. The average molecular weight is 293 g/mol. The first-order valence-electron chi connectivity index (χ1n) is 7.43. The van der Waals surface area contributed by atoms with Crippen LogP contribution in [0.5, 0.6) is 5.88 Å². The SMILES string of the molecule is [C-]#[N+][C@@H]1CN(Cc2ccccc2)CC1c1cccnc1OC. The van der Waals surface area contributed by atoms with Crippen LogP contribution in [-0.2, 0) is 6.54 Å². The van der Waals surface area contributed by atoms with Gasteiger partial charge in [-0.05, 0) is 11.6 Å². The standard InChI is InChI=1S/C18H19N3O/c1-19-17-13-21(11-14-7-4-3-5-8-14)12-16(17)15-9-6-10-20-18(15)22-2/h3-10,16-17H,11-13H2,2H3/t16?,17-/m1/s1. The molecule has 0 bridgehead atoms. The van der Waals surface area contributed by atoms with Crippen LogP contribution < -0.4 is 4.74 Å². The molecule has 0 spiro atoms. The zero-order valence-electron chi connectivity index (χ0n) is 12.6. The number of hydrogen-bond acceptors (Lipinski definition) is 3. The summed E-state index contributed by atoms with van der Waals surface area (Å²) in [6.45, 7) is 10.1. The van der Waals surface area contributed by atoms with Crippen LogP contribution in [-0.4, -0.2) is 36.1 Å². The van der Waals surface area contributed by atoms with Crippen molar-refractivity contribution in [2.45, 2.75) is 18.5 Å². The number of rotatable bonds is 4. The van der Waals surface area contributed by atoms with E-state index in [1.54, 1.807) is 13.3 Å². The van der Waals surface area contributed by atoms with Crippen molar-refractivity contribution in [1.82, 2.24) is 9.88 Å². The molecule has 1 aromatic heterocycles. The second-order valence-electron chi connectivity index (χ2n) is 5.58. The average Bonchev–Trinajstić information content (AvgIpc) is 2.98. The van der Waals surface area contributed by atoms with E-state index in [1.165, 1.54) is 5.56 Å². The van der Waals surface area contributed by atoms with E-state index in [1.807, 2.05) is 18.2 Å². The van der Waals surface area contributed by atoms with Crippen molar-refractivity contribution >= 4 is 0 Å². The maximum atomic E-state index is 7.51. The fourth-order valence-corrected chi connectivity index (χ4v) is 3.13. The summed E-state index contributed by atoms with van der Waals surface area (Å²) < 4.78 is 5.37. The van der Waals surface area contributed by atoms with Crippen molar-refractivity contribution in [2.24, 2.45) is 0 Å². The predicted molar refractivity (Wildman–Crippen MR) is 85.6 cm³/mol. The number of likely N-dealkylation sites (tertiary alicyclic amines) is 1. The van der Waals surface area contributed by atoms with E-state index in [2.05, 4.69) is 39.0 Å². The molecule has 0 radical (unpaired) electrons. The Bertz CT molecular complexity index is 666. The van der Waals surface area contributed by atoms with E-state index in [4.69, 9.17) is 11.3 Å². The van der Waals surface area contributed by atoms with Gasteiger partial charge < -0.3 is 9.58 Å². The lowest BCUT2D eigenvalue weighted by Crippen LogP contribution is -2.20. The van der Waals surface area contributed by atoms with Crippen LogP contribution in [0.1, 0.15) is 17.0 Å². The lowest BCUT2D eigenvalue weighted by atomic mass is 9.96. The molecule has 0 saturated carbocycles. The summed E-state index contributed by atoms with van der Waals surface area (Å²) in [5.41, 5.74) is 2.33. The third-order valence-corrected chi connectivity index (χ3v) is 4.17. The maximum absolute atomic E-state index is 7.51. The van der Waals surface area contributed by atoms with Crippen molar-refractivity contribution < 1.29 is 4.74 Å². The van der Waals surface area contributed by atoms with Crippen LogP contribution in [0.15, 0.2) is 48.7 Å². The zero-order valence-corrected chi connectivity index (χ0v) is 12.6. The van der Waals surface area contributed by atoms with Crippen LogP contribution in [0.25, 0.3) is 4.85 Å². The fourth-order valence-electron chi connectivity index (χ4n) is 3.13. The molecule has 1 saturated heterocycles. The molecule has 3 rings (SSSR count). The molecule has 2 atom stereocenters. The molecule has 4 nitrogen and oxygen atoms in total. The van der Waals surface area contributed by atoms with Gasteiger partial charge in [-0.3, -0.25) is 4.90 Å². The minimum absolute atomic E-state index is 0.0400. The number of nitrogens with zero attached hydrogens (tertiary/aromatic N) is 3. The lowest BCUT2D eigenvalue weighted by molar-refractivity contribution is 0.324. The van der Waals surface area contributed by atoms with E-state index in [0.717, 1.165) is 25.2 Å². The first-order chi connectivity index (χ1) is 10.8. The number of hydrogen-bond donors (Lipinski definition) is 0. The normalized spacial score (nSPS) is 21.5. The van der Waals surface area contributed by atoms with E-state index in [9.17, 15) is 0 Å². The summed E-state index contributed by atoms with van der Waals surface area (Å²) in [6, 6.07) is 14.3. The Kier molecular flexibility index (Phi) is 4.36. The Morgan fingerprint density at radius 1 is 1.23 bits per heavy atom. The van der Waals surface area contributed by atoms with Gasteiger partial charge in [-0.25, -0.2) is 11.6 Å². The maximum Gasteiger partial charge on any atom is 0.244 e. The van der Waals surface area contributed by atoms with Gasteiger partial charge in [0.25, 0.3) is 0 Å². The van der Waals surface area contributed by atoms with Crippen molar-refractivity contribution in [3.05, 3.63) is 71.2 Å². The van der Waals surface area contributed by atoms with Crippen LogP contribution >= 0.6 is 0 Å². The second-order valence-corrected chi connectivity index (χ2v) is 5.58. The number of aromatic nitrogens is 1. The molecule has 4 heteroatoms. The van der Waals surface area contributed by atoms with Crippen LogP contribution in [0, 0.1) is 6.57 Å². The van der Waals surface area contributed by atoms with Crippen molar-refractivity contribution in [3.8, 4) is 5.88 Å². The molecule has 2 heterocycles. The summed E-state index contributed by atoms with van der Waals surface area (Å²) in [5.74, 6) is 0.799. The monoisotopic (exact) mass is 293 g/mol. The second kappa shape index (κ2) is 6.59. The summed E-state index contributed by atoms with van der Waals surface area (Å²) in [5, 5.41) is 0. The highest BCUT2D eigenvalue weighted by Crippen LogP contribution is 2.34. The summed E-state index contributed by atoms with van der Waals surface area (Å²) >= 11 is 0. The number of benzene rings is 1. The molecule has 22 heavy (non-hydrogen) atoms. The largest absolute Gasteiger partial charge is 0.481 e. The van der Waals surface area contributed by atoms with Gasteiger partial charge in [0, 0.05) is 24.8 Å². The third kappa shape index (κ3) is 2.95.